The molecule has 2 heterocycles. The van der Waals surface area contributed by atoms with Crippen molar-refractivity contribution in [2.75, 3.05) is 32.7 Å². The molecule has 1 saturated heterocycles. The van der Waals surface area contributed by atoms with E-state index in [0.717, 1.165) is 70.8 Å². The molecule has 1 aliphatic rings. The lowest BCUT2D eigenvalue weighted by Gasteiger charge is -2.20. The number of aryl methyl sites for hydroxylation is 2. The Labute approximate surface area is 180 Å². The Bertz CT molecular complexity index is 574. The Hall–Kier alpha value is -1.32. The summed E-state index contributed by atoms with van der Waals surface area (Å²) in [6, 6.07) is 0. The van der Waals surface area contributed by atoms with Gasteiger partial charge in [-0.2, -0.15) is 5.10 Å². The standard InChI is InChI=1S/C19H34N6O.HI/c1-3-20-19(21-11-7-9-17-15-23-24(2)16-17)22-12-8-14-25-13-6-4-5-10-18(25)26;/h15-16H,3-14H2,1-2H3,(H2,20,21,22);1H. The molecule has 0 aliphatic carbocycles. The molecule has 154 valence electrons. The molecule has 0 saturated carbocycles. The van der Waals surface area contributed by atoms with Crippen LogP contribution in [0, 0.1) is 0 Å². The molecule has 0 unspecified atom stereocenters. The summed E-state index contributed by atoms with van der Waals surface area (Å²) < 4.78 is 1.84. The van der Waals surface area contributed by atoms with Crippen LogP contribution in [0.3, 0.4) is 0 Å². The number of rotatable bonds is 9. The third-order valence-corrected chi connectivity index (χ3v) is 4.56. The monoisotopic (exact) mass is 490 g/mol. The van der Waals surface area contributed by atoms with E-state index in [0.29, 0.717) is 12.3 Å². The Morgan fingerprint density at radius 3 is 2.85 bits per heavy atom. The number of amides is 1. The highest BCUT2D eigenvalue weighted by Gasteiger charge is 2.15. The molecular weight excluding hydrogens is 455 g/mol. The maximum absolute atomic E-state index is 12.0. The van der Waals surface area contributed by atoms with E-state index >= 15 is 0 Å². The fourth-order valence-electron chi connectivity index (χ4n) is 3.17. The van der Waals surface area contributed by atoms with Crippen molar-refractivity contribution >= 4 is 35.8 Å². The molecule has 1 fully saturated rings. The number of nitrogens with one attached hydrogen (secondary N) is 2. The number of hydrogen-bond donors (Lipinski definition) is 2. The molecule has 0 aromatic carbocycles. The minimum Gasteiger partial charge on any atom is -0.357 e. The molecule has 2 N–H and O–H groups in total. The maximum Gasteiger partial charge on any atom is 0.222 e. The molecule has 0 radical (unpaired) electrons. The Balaban J connectivity index is 0.00000364. The van der Waals surface area contributed by atoms with Gasteiger partial charge in [-0.25, -0.2) is 0 Å². The number of carbonyl (C=O) groups excluding carboxylic acids is 1. The Morgan fingerprint density at radius 2 is 2.11 bits per heavy atom. The van der Waals surface area contributed by atoms with E-state index in [9.17, 15) is 4.79 Å². The van der Waals surface area contributed by atoms with Gasteiger partial charge in [0.05, 0.1) is 6.20 Å². The summed E-state index contributed by atoms with van der Waals surface area (Å²) in [4.78, 5) is 18.6. The lowest BCUT2D eigenvalue weighted by molar-refractivity contribution is -0.130. The molecule has 0 spiro atoms. The van der Waals surface area contributed by atoms with Gasteiger partial charge in [0, 0.05) is 52.4 Å². The maximum atomic E-state index is 12.0. The summed E-state index contributed by atoms with van der Waals surface area (Å²) in [5.74, 6) is 1.17. The van der Waals surface area contributed by atoms with E-state index in [1.807, 2.05) is 22.8 Å². The second-order valence-electron chi connectivity index (χ2n) is 6.86. The van der Waals surface area contributed by atoms with Crippen LogP contribution in [0.5, 0.6) is 0 Å². The molecule has 8 heteroatoms. The van der Waals surface area contributed by atoms with Crippen LogP contribution >= 0.6 is 24.0 Å². The van der Waals surface area contributed by atoms with Crippen LogP contribution in [-0.4, -0.2) is 59.3 Å². The van der Waals surface area contributed by atoms with Gasteiger partial charge in [-0.05, 0) is 44.6 Å². The topological polar surface area (TPSA) is 74.6 Å². The van der Waals surface area contributed by atoms with Crippen LogP contribution in [0.4, 0.5) is 0 Å². The van der Waals surface area contributed by atoms with Crippen LogP contribution in [0.25, 0.3) is 0 Å². The van der Waals surface area contributed by atoms with Gasteiger partial charge in [0.1, 0.15) is 0 Å². The van der Waals surface area contributed by atoms with Crippen LogP contribution in [0.15, 0.2) is 17.4 Å². The van der Waals surface area contributed by atoms with Crippen molar-refractivity contribution < 1.29 is 4.79 Å². The summed E-state index contributed by atoms with van der Waals surface area (Å²) in [5.41, 5.74) is 1.26. The van der Waals surface area contributed by atoms with Gasteiger partial charge >= 0.3 is 0 Å². The van der Waals surface area contributed by atoms with E-state index in [-0.39, 0.29) is 24.0 Å². The van der Waals surface area contributed by atoms with Gasteiger partial charge < -0.3 is 15.5 Å². The molecule has 7 nitrogen and oxygen atoms in total. The van der Waals surface area contributed by atoms with Crippen molar-refractivity contribution in [2.24, 2.45) is 12.0 Å². The molecule has 1 aromatic rings. The SMILES string of the molecule is CCNC(=NCCCN1CCCCCC1=O)NCCCc1cnn(C)c1.I. The highest BCUT2D eigenvalue weighted by atomic mass is 127. The molecule has 0 bridgehead atoms. The van der Waals surface area contributed by atoms with Crippen molar-refractivity contribution in [2.45, 2.75) is 51.9 Å². The lowest BCUT2D eigenvalue weighted by Crippen LogP contribution is -2.38. The zero-order chi connectivity index (χ0) is 18.6. The van der Waals surface area contributed by atoms with Gasteiger partial charge in [0.2, 0.25) is 5.91 Å². The molecule has 1 aliphatic heterocycles. The Kier molecular flexibility index (Phi) is 12.1. The first-order valence-electron chi connectivity index (χ1n) is 9.96. The van der Waals surface area contributed by atoms with E-state index < -0.39 is 0 Å². The van der Waals surface area contributed by atoms with Crippen molar-refractivity contribution in [1.29, 1.82) is 0 Å². The molecular formula is C19H35IN6O. The smallest absolute Gasteiger partial charge is 0.222 e. The average molecular weight is 490 g/mol. The Morgan fingerprint density at radius 1 is 1.26 bits per heavy atom. The predicted molar refractivity (Wildman–Crippen MR) is 121 cm³/mol. The van der Waals surface area contributed by atoms with Crippen molar-refractivity contribution in [3.05, 3.63) is 18.0 Å². The molecule has 0 atom stereocenters. The van der Waals surface area contributed by atoms with Crippen molar-refractivity contribution in [3.63, 3.8) is 0 Å². The molecule has 27 heavy (non-hydrogen) atoms. The second-order valence-corrected chi connectivity index (χ2v) is 6.86. The van der Waals surface area contributed by atoms with Gasteiger partial charge in [0.25, 0.3) is 0 Å². The van der Waals surface area contributed by atoms with Crippen molar-refractivity contribution in [3.8, 4) is 0 Å². The first-order chi connectivity index (χ1) is 12.7. The van der Waals surface area contributed by atoms with Crippen LogP contribution in [0.2, 0.25) is 0 Å². The highest BCUT2D eigenvalue weighted by molar-refractivity contribution is 14.0. The average Bonchev–Trinajstić information content (AvgIpc) is 2.93. The first-order valence-corrected chi connectivity index (χ1v) is 9.96. The molecule has 1 amide bonds. The number of halogens is 1. The number of guanidine groups is 1. The summed E-state index contributed by atoms with van der Waals surface area (Å²) in [7, 11) is 1.94. The highest BCUT2D eigenvalue weighted by Crippen LogP contribution is 2.11. The van der Waals surface area contributed by atoms with E-state index in [2.05, 4.69) is 33.8 Å². The number of nitrogens with zero attached hydrogens (tertiary/aromatic N) is 4. The van der Waals surface area contributed by atoms with Gasteiger partial charge in [-0.3, -0.25) is 14.5 Å². The third-order valence-electron chi connectivity index (χ3n) is 4.56. The quantitative estimate of drug-likeness (QED) is 0.241. The summed E-state index contributed by atoms with van der Waals surface area (Å²) >= 11 is 0. The van der Waals surface area contributed by atoms with E-state index in [1.165, 1.54) is 12.0 Å². The number of aromatic nitrogens is 2. The zero-order valence-corrected chi connectivity index (χ0v) is 19.1. The summed E-state index contributed by atoms with van der Waals surface area (Å²) in [6.45, 7) is 6.27. The van der Waals surface area contributed by atoms with Crippen molar-refractivity contribution in [1.82, 2.24) is 25.3 Å². The number of aliphatic imine (C=N–C) groups is 1. The van der Waals surface area contributed by atoms with Crippen LogP contribution in [-0.2, 0) is 18.3 Å². The van der Waals surface area contributed by atoms with Gasteiger partial charge in [-0.15, -0.1) is 24.0 Å². The summed E-state index contributed by atoms with van der Waals surface area (Å²) in [6.07, 6.45) is 11.0. The second kappa shape index (κ2) is 13.8. The van der Waals surface area contributed by atoms with Gasteiger partial charge in [0.15, 0.2) is 5.96 Å². The minimum absolute atomic E-state index is 0. The molecule has 1 aromatic heterocycles. The third kappa shape index (κ3) is 9.44. The summed E-state index contributed by atoms with van der Waals surface area (Å²) in [5, 5.41) is 10.9. The van der Waals surface area contributed by atoms with Gasteiger partial charge in [-0.1, -0.05) is 6.42 Å². The fourth-order valence-corrected chi connectivity index (χ4v) is 3.17. The van der Waals surface area contributed by atoms with Crippen LogP contribution in [0.1, 0.15) is 51.0 Å². The van der Waals surface area contributed by atoms with E-state index in [4.69, 9.17) is 0 Å². The first kappa shape index (κ1) is 23.7. The lowest BCUT2D eigenvalue weighted by atomic mass is 10.2. The normalized spacial score (nSPS) is 15.3. The molecule has 2 rings (SSSR count). The predicted octanol–water partition coefficient (Wildman–Crippen LogP) is 2.32. The number of hydrogen-bond acceptors (Lipinski definition) is 3. The minimum atomic E-state index is 0. The van der Waals surface area contributed by atoms with Crippen LogP contribution < -0.4 is 10.6 Å². The number of likely N-dealkylation sites (tertiary alicyclic amines) is 1. The fraction of sp³-hybridized carbons (Fsp3) is 0.737. The van der Waals surface area contributed by atoms with E-state index in [1.54, 1.807) is 0 Å². The number of carbonyl (C=O) groups is 1. The largest absolute Gasteiger partial charge is 0.357 e. The zero-order valence-electron chi connectivity index (χ0n) is 16.7.